The van der Waals surface area contributed by atoms with Crippen LogP contribution in [-0.2, 0) is 16.9 Å². The number of carbonyl (C=O) groups excluding carboxylic acids is 1. The molecule has 0 aliphatic carbocycles. The Morgan fingerprint density at radius 2 is 1.91 bits per heavy atom. The van der Waals surface area contributed by atoms with Crippen molar-refractivity contribution < 1.29 is 19.4 Å². The SMILES string of the molecule is COc1cccc(C(C)(C(=O)NCc2c(OC)c(C#N)cc3ccccc23)N(C)CCO)c1. The number of nitrogens with one attached hydrogen (secondary N) is 1. The molecule has 0 aromatic heterocycles. The minimum Gasteiger partial charge on any atom is -0.497 e. The minimum absolute atomic E-state index is 0.0913. The van der Waals surface area contributed by atoms with Crippen molar-refractivity contribution in [2.45, 2.75) is 19.0 Å². The molecule has 1 amide bonds. The van der Waals surface area contributed by atoms with Gasteiger partial charge in [-0.05, 0) is 48.5 Å². The molecule has 1 atom stereocenters. The fourth-order valence-electron chi connectivity index (χ4n) is 4.06. The zero-order valence-electron chi connectivity index (χ0n) is 19.4. The molecule has 3 rings (SSSR count). The number of rotatable bonds is 9. The summed E-state index contributed by atoms with van der Waals surface area (Å²) in [5.74, 6) is 0.835. The first-order valence-electron chi connectivity index (χ1n) is 10.6. The summed E-state index contributed by atoms with van der Waals surface area (Å²) in [5, 5.41) is 24.0. The largest absolute Gasteiger partial charge is 0.497 e. The number of aliphatic hydroxyl groups is 1. The predicted octanol–water partition coefficient (Wildman–Crippen LogP) is 3.18. The van der Waals surface area contributed by atoms with Crippen LogP contribution in [0.3, 0.4) is 0 Å². The number of fused-ring (bicyclic) bond motifs is 1. The number of likely N-dealkylation sites (N-methyl/N-ethyl adjacent to an activating group) is 1. The van der Waals surface area contributed by atoms with Crippen LogP contribution in [0.4, 0.5) is 0 Å². The molecule has 172 valence electrons. The maximum atomic E-state index is 13.7. The first kappa shape index (κ1) is 24.1. The van der Waals surface area contributed by atoms with Crippen LogP contribution in [0.1, 0.15) is 23.6 Å². The van der Waals surface area contributed by atoms with E-state index in [4.69, 9.17) is 9.47 Å². The Bertz CT molecular complexity index is 1190. The van der Waals surface area contributed by atoms with Crippen LogP contribution in [0.15, 0.2) is 54.6 Å². The van der Waals surface area contributed by atoms with Crippen LogP contribution in [0.25, 0.3) is 10.8 Å². The van der Waals surface area contributed by atoms with Crippen molar-refractivity contribution in [1.82, 2.24) is 10.2 Å². The number of hydrogen-bond donors (Lipinski definition) is 2. The second-order valence-electron chi connectivity index (χ2n) is 7.90. The monoisotopic (exact) mass is 447 g/mol. The Kier molecular flexibility index (Phi) is 7.54. The summed E-state index contributed by atoms with van der Waals surface area (Å²) in [7, 11) is 4.89. The van der Waals surface area contributed by atoms with Crippen molar-refractivity contribution in [3.8, 4) is 17.6 Å². The standard InChI is InChI=1S/C26H29N3O4/c1-26(29(2)12-13-30,20-9-7-10-21(15-20)32-3)25(31)28-17-23-22-11-6-5-8-18(22)14-19(16-27)24(23)33-4/h5-11,14-15,30H,12-13,17H2,1-4H3,(H,28,31). The molecule has 0 bridgehead atoms. The smallest absolute Gasteiger partial charge is 0.245 e. The number of ether oxygens (including phenoxy) is 2. The molecule has 0 fully saturated rings. The van der Waals surface area contributed by atoms with Crippen LogP contribution in [0, 0.1) is 11.3 Å². The van der Waals surface area contributed by atoms with Gasteiger partial charge < -0.3 is 19.9 Å². The van der Waals surface area contributed by atoms with Gasteiger partial charge in [-0.3, -0.25) is 9.69 Å². The van der Waals surface area contributed by atoms with E-state index < -0.39 is 5.54 Å². The predicted molar refractivity (Wildman–Crippen MR) is 127 cm³/mol. The molecule has 0 saturated heterocycles. The van der Waals surface area contributed by atoms with Crippen LogP contribution < -0.4 is 14.8 Å². The van der Waals surface area contributed by atoms with Gasteiger partial charge in [-0.2, -0.15) is 5.26 Å². The number of hydrogen-bond acceptors (Lipinski definition) is 6. The number of aliphatic hydroxyl groups excluding tert-OH is 1. The molecule has 0 heterocycles. The fraction of sp³-hybridized carbons (Fsp3) is 0.308. The average Bonchev–Trinajstić information content (AvgIpc) is 2.85. The second kappa shape index (κ2) is 10.3. The molecule has 0 radical (unpaired) electrons. The minimum atomic E-state index is -1.08. The van der Waals surface area contributed by atoms with Gasteiger partial charge in [-0.1, -0.05) is 36.4 Å². The summed E-state index contributed by atoms with van der Waals surface area (Å²) < 4.78 is 10.9. The maximum absolute atomic E-state index is 13.7. The lowest BCUT2D eigenvalue weighted by atomic mass is 9.88. The Morgan fingerprint density at radius 1 is 1.15 bits per heavy atom. The molecule has 0 aliphatic heterocycles. The van der Waals surface area contributed by atoms with E-state index in [1.54, 1.807) is 25.1 Å². The molecule has 3 aromatic carbocycles. The summed E-state index contributed by atoms with van der Waals surface area (Å²) in [6.07, 6.45) is 0. The van der Waals surface area contributed by atoms with Gasteiger partial charge in [0.25, 0.3) is 0 Å². The van der Waals surface area contributed by atoms with Gasteiger partial charge in [0, 0.05) is 18.7 Å². The van der Waals surface area contributed by atoms with Crippen molar-refractivity contribution >= 4 is 16.7 Å². The molecule has 1 unspecified atom stereocenters. The van der Waals surface area contributed by atoms with Gasteiger partial charge in [0.1, 0.15) is 23.1 Å². The Balaban J connectivity index is 2.02. The summed E-state index contributed by atoms with van der Waals surface area (Å²) in [6.45, 7) is 2.20. The highest BCUT2D eigenvalue weighted by Crippen LogP contribution is 2.33. The Labute approximate surface area is 194 Å². The van der Waals surface area contributed by atoms with Crippen molar-refractivity contribution in [3.05, 3.63) is 71.3 Å². The number of nitriles is 1. The third kappa shape index (κ3) is 4.63. The van der Waals surface area contributed by atoms with Crippen molar-refractivity contribution in [2.75, 3.05) is 34.4 Å². The molecule has 7 nitrogen and oxygen atoms in total. The van der Waals surface area contributed by atoms with E-state index in [0.29, 0.717) is 23.6 Å². The lowest BCUT2D eigenvalue weighted by molar-refractivity contribution is -0.133. The summed E-state index contributed by atoms with van der Waals surface area (Å²) in [6, 6.07) is 19.0. The van der Waals surface area contributed by atoms with E-state index in [0.717, 1.165) is 21.9 Å². The Morgan fingerprint density at radius 3 is 2.58 bits per heavy atom. The second-order valence-corrected chi connectivity index (χ2v) is 7.90. The lowest BCUT2D eigenvalue weighted by Crippen LogP contribution is -2.53. The highest BCUT2D eigenvalue weighted by Gasteiger charge is 2.39. The van der Waals surface area contributed by atoms with Crippen molar-refractivity contribution in [2.24, 2.45) is 0 Å². The van der Waals surface area contributed by atoms with Crippen LogP contribution >= 0.6 is 0 Å². The van der Waals surface area contributed by atoms with Gasteiger partial charge in [0.05, 0.1) is 26.4 Å². The van der Waals surface area contributed by atoms with Crippen molar-refractivity contribution in [1.29, 1.82) is 5.26 Å². The number of carbonyl (C=O) groups is 1. The van der Waals surface area contributed by atoms with Gasteiger partial charge in [0.2, 0.25) is 5.91 Å². The summed E-state index contributed by atoms with van der Waals surface area (Å²) in [5.41, 5.74) is 0.803. The number of amides is 1. The first-order chi connectivity index (χ1) is 15.9. The van der Waals surface area contributed by atoms with Crippen molar-refractivity contribution in [3.63, 3.8) is 0 Å². The molecular formula is C26H29N3O4. The highest BCUT2D eigenvalue weighted by atomic mass is 16.5. The normalized spacial score (nSPS) is 12.8. The Hall–Kier alpha value is -3.60. The van der Waals surface area contributed by atoms with Gasteiger partial charge in [-0.25, -0.2) is 0 Å². The molecule has 0 aliphatic rings. The van der Waals surface area contributed by atoms with Crippen LogP contribution in [-0.4, -0.2) is 50.3 Å². The summed E-state index contributed by atoms with van der Waals surface area (Å²) >= 11 is 0. The maximum Gasteiger partial charge on any atom is 0.245 e. The van der Waals surface area contributed by atoms with Crippen LogP contribution in [0.5, 0.6) is 11.5 Å². The molecule has 0 spiro atoms. The topological polar surface area (TPSA) is 94.8 Å². The van der Waals surface area contributed by atoms with E-state index in [1.807, 2.05) is 55.5 Å². The number of methoxy groups -OCH3 is 2. The number of benzene rings is 3. The van der Waals surface area contributed by atoms with E-state index >= 15 is 0 Å². The van der Waals surface area contributed by atoms with E-state index in [-0.39, 0.29) is 19.1 Å². The average molecular weight is 448 g/mol. The zero-order valence-corrected chi connectivity index (χ0v) is 19.4. The molecule has 0 saturated carbocycles. The van der Waals surface area contributed by atoms with Crippen LogP contribution in [0.2, 0.25) is 0 Å². The molecule has 3 aromatic rings. The molecular weight excluding hydrogens is 418 g/mol. The quantitative estimate of drug-likeness (QED) is 0.523. The summed E-state index contributed by atoms with van der Waals surface area (Å²) in [4.78, 5) is 15.5. The fourth-order valence-corrected chi connectivity index (χ4v) is 4.06. The van der Waals surface area contributed by atoms with E-state index in [2.05, 4.69) is 11.4 Å². The molecule has 7 heteroatoms. The third-order valence-electron chi connectivity index (χ3n) is 6.13. The third-order valence-corrected chi connectivity index (χ3v) is 6.13. The van der Waals surface area contributed by atoms with Gasteiger partial charge in [0.15, 0.2) is 0 Å². The lowest BCUT2D eigenvalue weighted by Gasteiger charge is -2.38. The zero-order chi connectivity index (χ0) is 24.0. The van der Waals surface area contributed by atoms with Gasteiger partial charge >= 0.3 is 0 Å². The molecule has 2 N–H and O–H groups in total. The van der Waals surface area contributed by atoms with E-state index in [9.17, 15) is 15.2 Å². The van der Waals surface area contributed by atoms with E-state index in [1.165, 1.54) is 7.11 Å². The molecule has 33 heavy (non-hydrogen) atoms. The highest BCUT2D eigenvalue weighted by molar-refractivity contribution is 5.91. The van der Waals surface area contributed by atoms with Gasteiger partial charge in [-0.15, -0.1) is 0 Å². The first-order valence-corrected chi connectivity index (χ1v) is 10.6. The number of nitrogens with zero attached hydrogens (tertiary/aromatic N) is 2.